The van der Waals surface area contributed by atoms with Crippen molar-refractivity contribution in [2.45, 2.75) is 6.92 Å². The summed E-state index contributed by atoms with van der Waals surface area (Å²) in [6.45, 7) is 1.78. The van der Waals surface area contributed by atoms with Crippen molar-refractivity contribution in [2.24, 2.45) is 0 Å². The van der Waals surface area contributed by atoms with Crippen molar-refractivity contribution in [1.82, 2.24) is 4.98 Å². The molecule has 1 heterocycles. The minimum absolute atomic E-state index is 0.0701. The molecule has 0 saturated carbocycles. The number of aromatic carboxylic acids is 1. The van der Waals surface area contributed by atoms with Crippen LogP contribution in [0.5, 0.6) is 0 Å². The van der Waals surface area contributed by atoms with Gasteiger partial charge in [-0.2, -0.15) is 5.26 Å². The van der Waals surface area contributed by atoms with Gasteiger partial charge in [0.15, 0.2) is 0 Å². The Kier molecular flexibility index (Phi) is 3.50. The second-order valence-corrected chi connectivity index (χ2v) is 4.38. The zero-order valence-corrected chi connectivity index (χ0v) is 10.8. The van der Waals surface area contributed by atoms with Gasteiger partial charge in [0.1, 0.15) is 5.15 Å². The van der Waals surface area contributed by atoms with Crippen molar-refractivity contribution in [3.63, 3.8) is 0 Å². The molecule has 94 valence electrons. The van der Waals surface area contributed by atoms with Gasteiger partial charge in [0.05, 0.1) is 17.2 Å². The molecule has 4 nitrogen and oxygen atoms in total. The fraction of sp³-hybridized carbons (Fsp3) is 0.0714. The van der Waals surface area contributed by atoms with Crippen LogP contribution in [0.1, 0.15) is 21.6 Å². The Hall–Kier alpha value is -2.38. The number of halogens is 1. The van der Waals surface area contributed by atoms with Gasteiger partial charge in [-0.3, -0.25) is 0 Å². The highest BCUT2D eigenvalue weighted by molar-refractivity contribution is 6.29. The van der Waals surface area contributed by atoms with E-state index >= 15 is 0 Å². The molecule has 0 aliphatic rings. The summed E-state index contributed by atoms with van der Waals surface area (Å²) in [6.07, 6.45) is 0. The lowest BCUT2D eigenvalue weighted by Gasteiger charge is -2.08. The number of carbonyl (C=O) groups is 1. The third kappa shape index (κ3) is 2.72. The number of rotatable bonds is 2. The maximum atomic E-state index is 11.3. The molecule has 0 amide bonds. The summed E-state index contributed by atoms with van der Waals surface area (Å²) < 4.78 is 0. The summed E-state index contributed by atoms with van der Waals surface area (Å²) in [4.78, 5) is 15.3. The number of hydrogen-bond acceptors (Lipinski definition) is 3. The van der Waals surface area contributed by atoms with Crippen LogP contribution >= 0.6 is 11.6 Å². The van der Waals surface area contributed by atoms with Gasteiger partial charge in [-0.15, -0.1) is 0 Å². The topological polar surface area (TPSA) is 74.0 Å². The number of nitrogens with zero attached hydrogens (tertiary/aromatic N) is 2. The third-order valence-corrected chi connectivity index (χ3v) is 2.81. The lowest BCUT2D eigenvalue weighted by Crippen LogP contribution is -2.00. The van der Waals surface area contributed by atoms with Crippen molar-refractivity contribution >= 4 is 17.6 Å². The van der Waals surface area contributed by atoms with Crippen LogP contribution in [0, 0.1) is 18.3 Å². The van der Waals surface area contributed by atoms with Crippen LogP contribution < -0.4 is 0 Å². The molecular weight excluding hydrogens is 264 g/mol. The molecule has 0 aliphatic carbocycles. The lowest BCUT2D eigenvalue weighted by atomic mass is 9.98. The quantitative estimate of drug-likeness (QED) is 0.852. The van der Waals surface area contributed by atoms with Crippen LogP contribution in [-0.4, -0.2) is 16.1 Å². The molecule has 0 bridgehead atoms. The van der Waals surface area contributed by atoms with Crippen LogP contribution in [-0.2, 0) is 0 Å². The third-order valence-electron chi connectivity index (χ3n) is 2.61. The SMILES string of the molecule is Cc1cc(-c2ccc(C#N)cc2C(=O)O)cc(Cl)n1. The molecule has 1 aromatic heterocycles. The van der Waals surface area contributed by atoms with Crippen LogP contribution in [0.2, 0.25) is 5.15 Å². The fourth-order valence-electron chi connectivity index (χ4n) is 1.83. The standard InChI is InChI=1S/C14H9ClN2O2/c1-8-4-10(6-13(15)17-8)11-3-2-9(7-16)5-12(11)14(18)19/h2-6H,1H3,(H,18,19). The van der Waals surface area contributed by atoms with Crippen molar-refractivity contribution in [3.05, 3.63) is 52.3 Å². The monoisotopic (exact) mass is 272 g/mol. The number of benzene rings is 1. The second-order valence-electron chi connectivity index (χ2n) is 4.00. The first-order valence-electron chi connectivity index (χ1n) is 5.43. The Morgan fingerprint density at radius 2 is 2.11 bits per heavy atom. The van der Waals surface area contributed by atoms with E-state index in [0.717, 1.165) is 0 Å². The number of pyridine rings is 1. The van der Waals surface area contributed by atoms with E-state index < -0.39 is 5.97 Å². The van der Waals surface area contributed by atoms with Gasteiger partial charge < -0.3 is 5.11 Å². The van der Waals surface area contributed by atoms with E-state index in [1.54, 1.807) is 31.2 Å². The molecule has 1 N–H and O–H groups in total. The average Bonchev–Trinajstić information content (AvgIpc) is 2.36. The summed E-state index contributed by atoms with van der Waals surface area (Å²) in [5.74, 6) is -1.09. The summed E-state index contributed by atoms with van der Waals surface area (Å²) in [6, 6.07) is 9.80. The van der Waals surface area contributed by atoms with Gasteiger partial charge in [0, 0.05) is 5.69 Å². The Bertz CT molecular complexity index is 685. The molecule has 0 fully saturated rings. The molecule has 0 spiro atoms. The van der Waals surface area contributed by atoms with E-state index in [1.165, 1.54) is 6.07 Å². The van der Waals surface area contributed by atoms with Gasteiger partial charge in [-0.1, -0.05) is 17.7 Å². The summed E-state index contributed by atoms with van der Waals surface area (Å²) in [7, 11) is 0. The molecule has 5 heteroatoms. The van der Waals surface area contributed by atoms with Gasteiger partial charge in [0.25, 0.3) is 0 Å². The average molecular weight is 273 g/mol. The number of carboxylic acids is 1. The summed E-state index contributed by atoms with van der Waals surface area (Å²) >= 11 is 5.88. The number of aryl methyl sites for hydroxylation is 1. The fourth-order valence-corrected chi connectivity index (χ4v) is 2.08. The van der Waals surface area contributed by atoms with Crippen molar-refractivity contribution in [3.8, 4) is 17.2 Å². The normalized spacial score (nSPS) is 9.95. The molecule has 0 radical (unpaired) electrons. The van der Waals surface area contributed by atoms with Gasteiger partial charge in [-0.25, -0.2) is 9.78 Å². The largest absolute Gasteiger partial charge is 0.478 e. The maximum Gasteiger partial charge on any atom is 0.336 e. The van der Waals surface area contributed by atoms with E-state index in [4.69, 9.17) is 16.9 Å². The number of carboxylic acid groups (broad SMARTS) is 1. The second kappa shape index (κ2) is 5.09. The Morgan fingerprint density at radius 1 is 1.37 bits per heavy atom. The lowest BCUT2D eigenvalue weighted by molar-refractivity contribution is 0.0697. The smallest absolute Gasteiger partial charge is 0.336 e. The minimum Gasteiger partial charge on any atom is -0.478 e. The molecule has 0 aliphatic heterocycles. The highest BCUT2D eigenvalue weighted by Gasteiger charge is 2.13. The highest BCUT2D eigenvalue weighted by Crippen LogP contribution is 2.27. The molecule has 0 unspecified atom stereocenters. The highest BCUT2D eigenvalue weighted by atomic mass is 35.5. The summed E-state index contributed by atoms with van der Waals surface area (Å²) in [5, 5.41) is 18.3. The van der Waals surface area contributed by atoms with Gasteiger partial charge in [0.2, 0.25) is 0 Å². The Labute approximate surface area is 114 Å². The van der Waals surface area contributed by atoms with Crippen molar-refractivity contribution < 1.29 is 9.90 Å². The number of aromatic nitrogens is 1. The molecule has 0 saturated heterocycles. The van der Waals surface area contributed by atoms with Crippen LogP contribution in [0.3, 0.4) is 0 Å². The first-order valence-corrected chi connectivity index (χ1v) is 5.81. The van der Waals surface area contributed by atoms with Crippen molar-refractivity contribution in [2.75, 3.05) is 0 Å². The molecule has 2 aromatic rings. The summed E-state index contributed by atoms with van der Waals surface area (Å²) in [5.41, 5.74) is 2.25. The van der Waals surface area contributed by atoms with E-state index in [9.17, 15) is 9.90 Å². The number of hydrogen-bond donors (Lipinski definition) is 1. The van der Waals surface area contributed by atoms with Crippen LogP contribution in [0.15, 0.2) is 30.3 Å². The number of nitriles is 1. The maximum absolute atomic E-state index is 11.3. The first kappa shape index (κ1) is 13.1. The molecule has 2 rings (SSSR count). The van der Waals surface area contributed by atoms with Crippen LogP contribution in [0.25, 0.3) is 11.1 Å². The molecular formula is C14H9ClN2O2. The molecule has 1 aromatic carbocycles. The van der Waals surface area contributed by atoms with E-state index in [2.05, 4.69) is 4.98 Å². The van der Waals surface area contributed by atoms with E-state index in [1.807, 2.05) is 6.07 Å². The minimum atomic E-state index is -1.09. The van der Waals surface area contributed by atoms with E-state index in [0.29, 0.717) is 27.5 Å². The first-order chi connectivity index (χ1) is 9.01. The van der Waals surface area contributed by atoms with E-state index in [-0.39, 0.29) is 5.56 Å². The zero-order valence-electron chi connectivity index (χ0n) is 10.0. The predicted molar refractivity (Wildman–Crippen MR) is 71.1 cm³/mol. The zero-order chi connectivity index (χ0) is 14.0. The Morgan fingerprint density at radius 3 is 2.68 bits per heavy atom. The van der Waals surface area contributed by atoms with Gasteiger partial charge in [-0.05, 0) is 42.3 Å². The predicted octanol–water partition coefficient (Wildman–Crippen LogP) is 3.28. The molecule has 19 heavy (non-hydrogen) atoms. The Balaban J connectivity index is 2.68. The van der Waals surface area contributed by atoms with Crippen LogP contribution in [0.4, 0.5) is 0 Å². The van der Waals surface area contributed by atoms with Gasteiger partial charge >= 0.3 is 5.97 Å². The molecule has 0 atom stereocenters. The van der Waals surface area contributed by atoms with Crippen molar-refractivity contribution in [1.29, 1.82) is 5.26 Å².